The summed E-state index contributed by atoms with van der Waals surface area (Å²) >= 11 is 0. The summed E-state index contributed by atoms with van der Waals surface area (Å²) in [6.45, 7) is 8.69. The quantitative estimate of drug-likeness (QED) is 0.774. The summed E-state index contributed by atoms with van der Waals surface area (Å²) in [6, 6.07) is 1.37. The molecule has 0 radical (unpaired) electrons. The van der Waals surface area contributed by atoms with Crippen LogP contribution in [-0.4, -0.2) is 61.7 Å². The van der Waals surface area contributed by atoms with Gasteiger partial charge in [0.05, 0.1) is 0 Å². The average Bonchev–Trinajstić information content (AvgIpc) is 2.65. The Morgan fingerprint density at radius 2 is 1.94 bits per heavy atom. The Balaban J connectivity index is 1.65. The molecule has 3 heteroatoms. The number of piperidine rings is 1. The van der Waals surface area contributed by atoms with E-state index >= 15 is 0 Å². The second-order valence-corrected chi connectivity index (χ2v) is 5.68. The third kappa shape index (κ3) is 3.72. The smallest absolute Gasteiger partial charge is 0.0210 e. The van der Waals surface area contributed by atoms with Crippen LogP contribution in [0.4, 0.5) is 0 Å². The van der Waals surface area contributed by atoms with Gasteiger partial charge in [0.25, 0.3) is 0 Å². The predicted molar refractivity (Wildman–Crippen MR) is 68.8 cm³/mol. The van der Waals surface area contributed by atoms with E-state index in [1.54, 1.807) is 0 Å². The van der Waals surface area contributed by atoms with Crippen molar-refractivity contribution in [3.05, 3.63) is 0 Å². The molecule has 0 amide bonds. The zero-order chi connectivity index (χ0) is 11.4. The van der Waals surface area contributed by atoms with Gasteiger partial charge in [-0.05, 0) is 52.9 Å². The monoisotopic (exact) mass is 225 g/mol. The first-order chi connectivity index (χ1) is 7.74. The summed E-state index contributed by atoms with van der Waals surface area (Å²) in [5.41, 5.74) is 0. The first-order valence-electron chi connectivity index (χ1n) is 6.91. The Hall–Kier alpha value is -0.120. The molecule has 0 aromatic rings. The molecule has 0 bridgehead atoms. The second-order valence-electron chi connectivity index (χ2n) is 5.68. The standard InChI is InChI=1S/C13H27N3/c1-12(10-16-7-4-3-5-8-16)14-13-6-9-15(2)11-13/h12-14H,3-11H2,1-2H3. The largest absolute Gasteiger partial charge is 0.309 e. The van der Waals surface area contributed by atoms with E-state index in [4.69, 9.17) is 0 Å². The highest BCUT2D eigenvalue weighted by molar-refractivity contribution is 4.82. The van der Waals surface area contributed by atoms with E-state index in [9.17, 15) is 0 Å². The van der Waals surface area contributed by atoms with E-state index in [0.717, 1.165) is 6.04 Å². The molecule has 0 saturated carbocycles. The fourth-order valence-electron chi connectivity index (χ4n) is 3.06. The van der Waals surface area contributed by atoms with Gasteiger partial charge in [0.15, 0.2) is 0 Å². The zero-order valence-corrected chi connectivity index (χ0v) is 10.9. The molecule has 2 heterocycles. The molecule has 3 nitrogen and oxygen atoms in total. The summed E-state index contributed by atoms with van der Waals surface area (Å²) in [7, 11) is 2.22. The minimum atomic E-state index is 0.648. The molecule has 2 aliphatic rings. The molecule has 2 saturated heterocycles. The number of hydrogen-bond acceptors (Lipinski definition) is 3. The van der Waals surface area contributed by atoms with Crippen molar-refractivity contribution < 1.29 is 0 Å². The normalized spacial score (nSPS) is 30.8. The van der Waals surface area contributed by atoms with Crippen molar-refractivity contribution in [2.24, 2.45) is 0 Å². The van der Waals surface area contributed by atoms with Gasteiger partial charge in [0.1, 0.15) is 0 Å². The summed E-state index contributed by atoms with van der Waals surface area (Å²) in [4.78, 5) is 5.05. The van der Waals surface area contributed by atoms with Crippen LogP contribution in [0.2, 0.25) is 0 Å². The maximum atomic E-state index is 3.77. The van der Waals surface area contributed by atoms with Gasteiger partial charge in [-0.3, -0.25) is 0 Å². The Morgan fingerprint density at radius 1 is 1.19 bits per heavy atom. The van der Waals surface area contributed by atoms with Gasteiger partial charge in [-0.25, -0.2) is 0 Å². The Bertz CT molecular complexity index is 195. The van der Waals surface area contributed by atoms with E-state index in [0.29, 0.717) is 6.04 Å². The first-order valence-corrected chi connectivity index (χ1v) is 6.91. The molecule has 0 spiro atoms. The van der Waals surface area contributed by atoms with Crippen LogP contribution in [-0.2, 0) is 0 Å². The highest BCUT2D eigenvalue weighted by atomic mass is 15.2. The second kappa shape index (κ2) is 5.99. The topological polar surface area (TPSA) is 18.5 Å². The number of likely N-dealkylation sites (N-methyl/N-ethyl adjacent to an activating group) is 1. The minimum absolute atomic E-state index is 0.648. The van der Waals surface area contributed by atoms with Gasteiger partial charge in [-0.2, -0.15) is 0 Å². The molecule has 2 fully saturated rings. The fourth-order valence-corrected chi connectivity index (χ4v) is 3.06. The number of likely N-dealkylation sites (tertiary alicyclic amines) is 2. The van der Waals surface area contributed by atoms with Gasteiger partial charge in [0.2, 0.25) is 0 Å². The molecule has 2 atom stereocenters. The third-order valence-electron chi connectivity index (χ3n) is 3.89. The maximum absolute atomic E-state index is 3.77. The van der Waals surface area contributed by atoms with Gasteiger partial charge in [-0.15, -0.1) is 0 Å². The molecule has 0 aromatic carbocycles. The highest BCUT2D eigenvalue weighted by Gasteiger charge is 2.21. The lowest BCUT2D eigenvalue weighted by atomic mass is 10.1. The molecule has 2 rings (SSSR count). The summed E-state index contributed by atoms with van der Waals surface area (Å²) in [5.74, 6) is 0. The van der Waals surface area contributed by atoms with E-state index < -0.39 is 0 Å². The van der Waals surface area contributed by atoms with Crippen molar-refractivity contribution in [3.8, 4) is 0 Å². The van der Waals surface area contributed by atoms with Crippen LogP contribution in [0.5, 0.6) is 0 Å². The molecule has 1 N–H and O–H groups in total. The molecule has 16 heavy (non-hydrogen) atoms. The summed E-state index contributed by atoms with van der Waals surface area (Å²) in [5, 5.41) is 3.77. The average molecular weight is 225 g/mol. The zero-order valence-electron chi connectivity index (χ0n) is 10.9. The Morgan fingerprint density at radius 3 is 2.56 bits per heavy atom. The molecular weight excluding hydrogens is 198 g/mol. The van der Waals surface area contributed by atoms with E-state index in [1.807, 2.05) is 0 Å². The van der Waals surface area contributed by atoms with Crippen LogP contribution < -0.4 is 5.32 Å². The van der Waals surface area contributed by atoms with Crippen LogP contribution in [0.1, 0.15) is 32.6 Å². The first kappa shape index (κ1) is 12.3. The maximum Gasteiger partial charge on any atom is 0.0210 e. The molecular formula is C13H27N3. The summed E-state index contributed by atoms with van der Waals surface area (Å²) < 4.78 is 0. The Labute approximate surface area is 100 Å². The SMILES string of the molecule is CC(CN1CCCCC1)NC1CCN(C)C1. The van der Waals surface area contributed by atoms with Gasteiger partial charge >= 0.3 is 0 Å². The van der Waals surface area contributed by atoms with Crippen molar-refractivity contribution >= 4 is 0 Å². The van der Waals surface area contributed by atoms with Crippen LogP contribution in [0.15, 0.2) is 0 Å². The van der Waals surface area contributed by atoms with Gasteiger partial charge < -0.3 is 15.1 Å². The van der Waals surface area contributed by atoms with Crippen LogP contribution in [0, 0.1) is 0 Å². The summed E-state index contributed by atoms with van der Waals surface area (Å²) in [6.07, 6.45) is 5.56. The van der Waals surface area contributed by atoms with Crippen molar-refractivity contribution in [1.29, 1.82) is 0 Å². The van der Waals surface area contributed by atoms with E-state index in [-0.39, 0.29) is 0 Å². The molecule has 2 aliphatic heterocycles. The molecule has 94 valence electrons. The minimum Gasteiger partial charge on any atom is -0.309 e. The molecule has 2 unspecified atom stereocenters. The fraction of sp³-hybridized carbons (Fsp3) is 1.00. The van der Waals surface area contributed by atoms with Crippen molar-refractivity contribution in [2.45, 2.75) is 44.7 Å². The Kier molecular flexibility index (Phi) is 4.62. The predicted octanol–water partition coefficient (Wildman–Crippen LogP) is 1.15. The van der Waals surface area contributed by atoms with Crippen molar-refractivity contribution in [2.75, 3.05) is 39.8 Å². The number of hydrogen-bond donors (Lipinski definition) is 1. The lowest BCUT2D eigenvalue weighted by Gasteiger charge is -2.30. The number of rotatable bonds is 4. The van der Waals surface area contributed by atoms with Crippen molar-refractivity contribution in [3.63, 3.8) is 0 Å². The van der Waals surface area contributed by atoms with E-state index in [1.165, 1.54) is 58.4 Å². The lowest BCUT2D eigenvalue weighted by molar-refractivity contribution is 0.204. The number of nitrogens with one attached hydrogen (secondary N) is 1. The lowest BCUT2D eigenvalue weighted by Crippen LogP contribution is -2.46. The van der Waals surface area contributed by atoms with Crippen LogP contribution in [0.25, 0.3) is 0 Å². The van der Waals surface area contributed by atoms with Gasteiger partial charge in [0, 0.05) is 25.2 Å². The van der Waals surface area contributed by atoms with E-state index in [2.05, 4.69) is 29.1 Å². The van der Waals surface area contributed by atoms with Crippen LogP contribution >= 0.6 is 0 Å². The van der Waals surface area contributed by atoms with Crippen molar-refractivity contribution in [1.82, 2.24) is 15.1 Å². The van der Waals surface area contributed by atoms with Crippen LogP contribution in [0.3, 0.4) is 0 Å². The molecule has 0 aliphatic carbocycles. The number of nitrogens with zero attached hydrogens (tertiary/aromatic N) is 2. The molecule has 0 aromatic heterocycles. The van der Waals surface area contributed by atoms with Gasteiger partial charge in [-0.1, -0.05) is 6.42 Å². The third-order valence-corrected chi connectivity index (χ3v) is 3.89. The highest BCUT2D eigenvalue weighted by Crippen LogP contribution is 2.10.